The third kappa shape index (κ3) is 2.45. The Labute approximate surface area is 78.4 Å². The van der Waals surface area contributed by atoms with Crippen molar-refractivity contribution in [1.82, 2.24) is 0 Å². The highest BCUT2D eigenvalue weighted by Gasteiger charge is 2.13. The molecule has 3 heteroatoms. The zero-order valence-electron chi connectivity index (χ0n) is 8.20. The maximum absolute atomic E-state index is 8.26. The van der Waals surface area contributed by atoms with Crippen LogP contribution in [-0.2, 0) is 5.41 Å². The maximum Gasteiger partial charge on any atom is 0.308 e. The summed E-state index contributed by atoms with van der Waals surface area (Å²) in [6, 6.07) is 7.82. The predicted molar refractivity (Wildman–Crippen MR) is 53.8 cm³/mol. The van der Waals surface area contributed by atoms with Crippen molar-refractivity contribution in [3.8, 4) is 0 Å². The summed E-state index contributed by atoms with van der Waals surface area (Å²) < 4.78 is 0. The van der Waals surface area contributed by atoms with Crippen LogP contribution >= 0.6 is 0 Å². The number of rotatable bonds is 1. The van der Waals surface area contributed by atoms with Gasteiger partial charge >= 0.3 is 5.08 Å². The zero-order chi connectivity index (χ0) is 9.90. The molecule has 0 unspecified atom stereocenters. The van der Waals surface area contributed by atoms with Crippen molar-refractivity contribution in [2.75, 3.05) is 5.43 Å². The van der Waals surface area contributed by atoms with E-state index >= 15 is 0 Å². The standard InChI is InChI=1S/C10H14N3/c1-10(2,3)8-4-6-9(7-5-8)12-13-11/h4-7,12H,1-3H3/q+1. The van der Waals surface area contributed by atoms with Gasteiger partial charge in [0.05, 0.1) is 0 Å². The first-order valence-electron chi connectivity index (χ1n) is 4.24. The fourth-order valence-corrected chi connectivity index (χ4v) is 1.10. The van der Waals surface area contributed by atoms with E-state index in [1.165, 1.54) is 5.56 Å². The molecule has 13 heavy (non-hydrogen) atoms. The Morgan fingerprint density at radius 2 is 1.69 bits per heavy atom. The molecule has 1 rings (SSSR count). The number of diazo groups is 1. The van der Waals surface area contributed by atoms with Crippen LogP contribution in [0.4, 0.5) is 5.69 Å². The summed E-state index contributed by atoms with van der Waals surface area (Å²) in [7, 11) is 0. The molecule has 0 aromatic heterocycles. The minimum absolute atomic E-state index is 0.162. The van der Waals surface area contributed by atoms with E-state index in [1.807, 2.05) is 24.3 Å². The molecule has 1 aromatic carbocycles. The maximum atomic E-state index is 8.26. The van der Waals surface area contributed by atoms with Gasteiger partial charge in [0.1, 0.15) is 5.69 Å². The minimum atomic E-state index is 0.162. The van der Waals surface area contributed by atoms with Gasteiger partial charge in [0.25, 0.3) is 5.39 Å². The van der Waals surface area contributed by atoms with E-state index in [9.17, 15) is 0 Å². The highest BCUT2D eigenvalue weighted by Crippen LogP contribution is 2.23. The molecule has 0 radical (unpaired) electrons. The van der Waals surface area contributed by atoms with Crippen LogP contribution < -0.4 is 5.43 Å². The lowest BCUT2D eigenvalue weighted by Gasteiger charge is -2.18. The second-order valence-corrected chi connectivity index (χ2v) is 4.04. The smallest absolute Gasteiger partial charge is 0.0562 e. The van der Waals surface area contributed by atoms with Gasteiger partial charge in [-0.2, -0.15) is 0 Å². The van der Waals surface area contributed by atoms with Crippen molar-refractivity contribution in [3.05, 3.63) is 34.9 Å². The van der Waals surface area contributed by atoms with Gasteiger partial charge in [-0.1, -0.05) is 32.9 Å². The van der Waals surface area contributed by atoms with Gasteiger partial charge in [0.15, 0.2) is 0 Å². The number of benzene rings is 1. The molecular formula is C10H14N3+. The van der Waals surface area contributed by atoms with E-state index < -0.39 is 0 Å². The molecule has 0 saturated carbocycles. The van der Waals surface area contributed by atoms with E-state index in [0.29, 0.717) is 0 Å². The molecule has 0 bridgehead atoms. The molecule has 1 aromatic rings. The van der Waals surface area contributed by atoms with E-state index in [1.54, 1.807) is 0 Å². The van der Waals surface area contributed by atoms with E-state index in [0.717, 1.165) is 5.69 Å². The van der Waals surface area contributed by atoms with Crippen LogP contribution in [0.1, 0.15) is 26.3 Å². The zero-order valence-corrected chi connectivity index (χ0v) is 8.20. The Balaban J connectivity index is 2.89. The molecule has 0 atom stereocenters. The monoisotopic (exact) mass is 176 g/mol. The van der Waals surface area contributed by atoms with E-state index in [2.05, 4.69) is 31.3 Å². The van der Waals surface area contributed by atoms with Gasteiger partial charge in [-0.05, 0) is 28.5 Å². The molecule has 0 fully saturated rings. The fraction of sp³-hybridized carbons (Fsp3) is 0.400. The molecule has 0 heterocycles. The SMILES string of the molecule is CC(C)(C)c1ccc(N[N+]#N)cc1. The van der Waals surface area contributed by atoms with E-state index in [-0.39, 0.29) is 5.41 Å². The van der Waals surface area contributed by atoms with Crippen molar-refractivity contribution in [2.24, 2.45) is 0 Å². The minimum Gasteiger partial charge on any atom is -0.0562 e. The molecule has 3 nitrogen and oxygen atoms in total. The lowest BCUT2D eigenvalue weighted by atomic mass is 9.87. The summed E-state index contributed by atoms with van der Waals surface area (Å²) in [5, 5.41) is 11.1. The first kappa shape index (κ1) is 9.53. The first-order chi connectivity index (χ1) is 6.04. The topological polar surface area (TPSA) is 40.2 Å². The van der Waals surface area contributed by atoms with Crippen LogP contribution in [0.25, 0.3) is 5.08 Å². The van der Waals surface area contributed by atoms with Crippen molar-refractivity contribution in [1.29, 1.82) is 5.39 Å². The van der Waals surface area contributed by atoms with Crippen LogP contribution in [-0.4, -0.2) is 0 Å². The van der Waals surface area contributed by atoms with Crippen LogP contribution in [0.3, 0.4) is 0 Å². The second-order valence-electron chi connectivity index (χ2n) is 4.04. The van der Waals surface area contributed by atoms with Gasteiger partial charge in [0, 0.05) is 0 Å². The Kier molecular flexibility index (Phi) is 2.52. The Morgan fingerprint density at radius 1 is 1.15 bits per heavy atom. The summed E-state index contributed by atoms with van der Waals surface area (Å²) in [5.41, 5.74) is 4.68. The average Bonchev–Trinajstić information content (AvgIpc) is 2.04. The molecule has 0 aliphatic carbocycles. The first-order valence-corrected chi connectivity index (χ1v) is 4.24. The van der Waals surface area contributed by atoms with Gasteiger partial charge < -0.3 is 0 Å². The van der Waals surface area contributed by atoms with Crippen LogP contribution in [0.2, 0.25) is 0 Å². The molecule has 0 saturated heterocycles. The number of hydrogen-bond donors (Lipinski definition) is 1. The molecule has 0 spiro atoms. The molecule has 0 aliphatic rings. The van der Waals surface area contributed by atoms with E-state index in [4.69, 9.17) is 5.39 Å². The highest BCUT2D eigenvalue weighted by atomic mass is 15.3. The largest absolute Gasteiger partial charge is 0.308 e. The molecule has 1 N–H and O–H groups in total. The molecular weight excluding hydrogens is 162 g/mol. The van der Waals surface area contributed by atoms with Gasteiger partial charge in [-0.25, -0.2) is 0 Å². The van der Waals surface area contributed by atoms with Crippen LogP contribution in [0, 0.1) is 5.39 Å². The predicted octanol–water partition coefficient (Wildman–Crippen LogP) is 3.16. The molecule has 68 valence electrons. The lowest BCUT2D eigenvalue weighted by molar-refractivity contribution is 0.590. The second kappa shape index (κ2) is 3.44. The third-order valence-corrected chi connectivity index (χ3v) is 1.93. The summed E-state index contributed by atoms with van der Waals surface area (Å²) >= 11 is 0. The lowest BCUT2D eigenvalue weighted by Crippen LogP contribution is -2.10. The fourth-order valence-electron chi connectivity index (χ4n) is 1.10. The number of hydrogen-bond acceptors (Lipinski definition) is 2. The normalized spacial score (nSPS) is 10.6. The van der Waals surface area contributed by atoms with Crippen molar-refractivity contribution >= 4 is 5.69 Å². The summed E-state index contributed by atoms with van der Waals surface area (Å²) in [5.74, 6) is 0. The Morgan fingerprint density at radius 3 is 2.08 bits per heavy atom. The highest BCUT2D eigenvalue weighted by molar-refractivity contribution is 5.46. The van der Waals surface area contributed by atoms with Crippen molar-refractivity contribution in [2.45, 2.75) is 26.2 Å². The van der Waals surface area contributed by atoms with Crippen molar-refractivity contribution in [3.63, 3.8) is 0 Å². The number of nitrogens with one attached hydrogen (secondary N) is 1. The third-order valence-electron chi connectivity index (χ3n) is 1.93. The number of nitrogens with zero attached hydrogens (tertiary/aromatic N) is 2. The summed E-state index contributed by atoms with van der Waals surface area (Å²) in [6.45, 7) is 6.48. The number of anilines is 1. The van der Waals surface area contributed by atoms with Crippen LogP contribution in [0.15, 0.2) is 24.3 Å². The quantitative estimate of drug-likeness (QED) is 0.527. The summed E-state index contributed by atoms with van der Waals surface area (Å²) in [6.07, 6.45) is 0. The van der Waals surface area contributed by atoms with Gasteiger partial charge in [-0.3, -0.25) is 0 Å². The Bertz CT molecular complexity index is 314. The van der Waals surface area contributed by atoms with Gasteiger partial charge in [-0.15, -0.1) is 0 Å². The molecule has 0 aliphatic heterocycles. The van der Waals surface area contributed by atoms with Crippen molar-refractivity contribution < 1.29 is 0 Å². The van der Waals surface area contributed by atoms with Gasteiger partial charge in [0.2, 0.25) is 0 Å². The summed E-state index contributed by atoms with van der Waals surface area (Å²) in [4.78, 5) is 0. The average molecular weight is 176 g/mol. The van der Waals surface area contributed by atoms with Crippen LogP contribution in [0.5, 0.6) is 0 Å². The molecule has 0 amide bonds. The Hall–Kier alpha value is -1.56.